The quantitative estimate of drug-likeness (QED) is 0.602. The Bertz CT molecular complexity index is 933. The summed E-state index contributed by atoms with van der Waals surface area (Å²) in [6, 6.07) is 6.15. The number of benzene rings is 1. The van der Waals surface area contributed by atoms with E-state index in [1.54, 1.807) is 0 Å². The summed E-state index contributed by atoms with van der Waals surface area (Å²) in [7, 11) is 0. The molecule has 154 valence electrons. The zero-order valence-electron chi connectivity index (χ0n) is 15.9. The second-order valence-electron chi connectivity index (χ2n) is 8.09. The van der Waals surface area contributed by atoms with Crippen LogP contribution in [0.5, 0.6) is 0 Å². The predicted molar refractivity (Wildman–Crippen MR) is 102 cm³/mol. The standard InChI is InChI=1S/C21H22F3N3O2/c1-11-18(17(21(22,23)24)6-7-27(11)29)12-2-4-16(5-3-12)26-20(28)19(25)15-9-13-8-14(13)10-15/h2-7,13-15,19H,8-10,25H2,1H3,(H,26,28)/t13-,14+,15?,19-/m0/s1. The third kappa shape index (κ3) is 3.81. The SMILES string of the molecule is Cc1c(-c2ccc(NC(=O)[C@@H](N)C3C[C@@H]4C[C@@H]4C3)cc2)c(C(F)(F)F)cc[n+]1[O-]. The number of fused-ring (bicyclic) bond motifs is 1. The lowest BCUT2D eigenvalue weighted by atomic mass is 9.94. The molecule has 0 spiro atoms. The fraction of sp³-hybridized carbons (Fsp3) is 0.429. The molecule has 1 unspecified atom stereocenters. The number of carbonyl (C=O) groups is 1. The van der Waals surface area contributed by atoms with Gasteiger partial charge in [-0.3, -0.25) is 4.79 Å². The molecule has 1 aromatic heterocycles. The fourth-order valence-electron chi connectivity index (χ4n) is 4.46. The number of halogens is 3. The first-order valence-corrected chi connectivity index (χ1v) is 9.62. The molecule has 2 aromatic rings. The number of rotatable bonds is 4. The average Bonchev–Trinajstić information content (AvgIpc) is 3.28. The van der Waals surface area contributed by atoms with Gasteiger partial charge in [0, 0.05) is 18.7 Å². The Morgan fingerprint density at radius 2 is 1.79 bits per heavy atom. The smallest absolute Gasteiger partial charge is 0.417 e. The normalized spacial score (nSPS) is 24.1. The van der Waals surface area contributed by atoms with Gasteiger partial charge in [-0.2, -0.15) is 17.9 Å². The van der Waals surface area contributed by atoms with Crippen LogP contribution in [0, 0.1) is 29.9 Å². The summed E-state index contributed by atoms with van der Waals surface area (Å²) in [5.41, 5.74) is 5.72. The van der Waals surface area contributed by atoms with Crippen molar-refractivity contribution in [2.75, 3.05) is 5.32 Å². The van der Waals surface area contributed by atoms with Crippen molar-refractivity contribution in [3.63, 3.8) is 0 Å². The van der Waals surface area contributed by atoms with Gasteiger partial charge in [-0.25, -0.2) is 0 Å². The molecule has 0 saturated heterocycles. The summed E-state index contributed by atoms with van der Waals surface area (Å²) >= 11 is 0. The van der Waals surface area contributed by atoms with Crippen LogP contribution < -0.4 is 15.8 Å². The van der Waals surface area contributed by atoms with Gasteiger partial charge >= 0.3 is 6.18 Å². The Labute approximate surface area is 166 Å². The molecule has 2 aliphatic carbocycles. The fourth-order valence-corrected chi connectivity index (χ4v) is 4.46. The third-order valence-electron chi connectivity index (χ3n) is 6.18. The van der Waals surface area contributed by atoms with Crippen LogP contribution in [0.25, 0.3) is 11.1 Å². The molecule has 3 N–H and O–H groups in total. The maximum atomic E-state index is 13.4. The van der Waals surface area contributed by atoms with Gasteiger partial charge in [0.05, 0.1) is 17.2 Å². The number of aromatic nitrogens is 1. The predicted octanol–water partition coefficient (Wildman–Crippen LogP) is 3.63. The number of nitrogens with one attached hydrogen (secondary N) is 1. The number of hydrogen-bond donors (Lipinski definition) is 2. The number of alkyl halides is 3. The molecule has 2 aliphatic rings. The van der Waals surface area contributed by atoms with Crippen LogP contribution in [-0.4, -0.2) is 11.9 Å². The zero-order chi connectivity index (χ0) is 20.9. The van der Waals surface area contributed by atoms with Crippen LogP contribution in [-0.2, 0) is 11.0 Å². The van der Waals surface area contributed by atoms with Gasteiger partial charge in [-0.1, -0.05) is 12.1 Å². The highest BCUT2D eigenvalue weighted by Gasteiger charge is 2.48. The van der Waals surface area contributed by atoms with E-state index in [2.05, 4.69) is 5.32 Å². The van der Waals surface area contributed by atoms with Gasteiger partial charge in [0.25, 0.3) is 0 Å². The van der Waals surface area contributed by atoms with Crippen molar-refractivity contribution in [1.82, 2.24) is 0 Å². The maximum Gasteiger partial charge on any atom is 0.417 e. The molecular formula is C21H22F3N3O2. The Balaban J connectivity index is 1.52. The highest BCUT2D eigenvalue weighted by Crippen LogP contribution is 2.55. The van der Waals surface area contributed by atoms with E-state index in [1.807, 2.05) is 0 Å². The number of carbonyl (C=O) groups excluding carboxylic acids is 1. The van der Waals surface area contributed by atoms with Gasteiger partial charge in [0.1, 0.15) is 0 Å². The Morgan fingerprint density at radius 3 is 2.38 bits per heavy atom. The van der Waals surface area contributed by atoms with E-state index in [9.17, 15) is 23.2 Å². The van der Waals surface area contributed by atoms with Crippen LogP contribution in [0.4, 0.5) is 18.9 Å². The van der Waals surface area contributed by atoms with Crippen LogP contribution in [0.1, 0.15) is 30.5 Å². The lowest BCUT2D eigenvalue weighted by Crippen LogP contribution is -2.41. The van der Waals surface area contributed by atoms with Crippen molar-refractivity contribution in [3.05, 3.63) is 53.0 Å². The minimum Gasteiger partial charge on any atom is -0.618 e. The minimum absolute atomic E-state index is 0.0431. The molecule has 29 heavy (non-hydrogen) atoms. The van der Waals surface area contributed by atoms with E-state index in [-0.39, 0.29) is 28.6 Å². The number of pyridine rings is 1. The molecular weight excluding hydrogens is 383 g/mol. The Hall–Kier alpha value is -2.61. The van der Waals surface area contributed by atoms with E-state index in [0.717, 1.165) is 36.9 Å². The number of anilines is 1. The molecule has 2 fully saturated rings. The topological polar surface area (TPSA) is 82.1 Å². The number of nitrogens with zero attached hydrogens (tertiary/aromatic N) is 1. The molecule has 1 aromatic carbocycles. The first-order valence-electron chi connectivity index (χ1n) is 9.62. The second-order valence-corrected chi connectivity index (χ2v) is 8.09. The third-order valence-corrected chi connectivity index (χ3v) is 6.18. The van der Waals surface area contributed by atoms with Crippen molar-refractivity contribution in [1.29, 1.82) is 0 Å². The van der Waals surface area contributed by atoms with Gasteiger partial charge in [-0.15, -0.1) is 0 Å². The van der Waals surface area contributed by atoms with Gasteiger partial charge in [-0.05, 0) is 54.7 Å². The number of amides is 1. The summed E-state index contributed by atoms with van der Waals surface area (Å²) in [5, 5.41) is 14.6. The zero-order valence-corrected chi connectivity index (χ0v) is 15.9. The number of hydrogen-bond acceptors (Lipinski definition) is 3. The molecule has 0 bridgehead atoms. The summed E-state index contributed by atoms with van der Waals surface area (Å²) < 4.78 is 40.6. The van der Waals surface area contributed by atoms with E-state index in [4.69, 9.17) is 5.73 Å². The Kier molecular flexibility index (Phi) is 4.77. The summed E-state index contributed by atoms with van der Waals surface area (Å²) in [4.78, 5) is 12.4. The monoisotopic (exact) mass is 405 g/mol. The minimum atomic E-state index is -4.59. The van der Waals surface area contributed by atoms with E-state index < -0.39 is 17.8 Å². The molecule has 8 heteroatoms. The second kappa shape index (κ2) is 7.02. The lowest BCUT2D eigenvalue weighted by Gasteiger charge is -2.20. The van der Waals surface area contributed by atoms with Gasteiger partial charge in [0.2, 0.25) is 5.91 Å². The summed E-state index contributed by atoms with van der Waals surface area (Å²) in [6.07, 6.45) is -0.517. The first kappa shape index (κ1) is 19.7. The van der Waals surface area contributed by atoms with Gasteiger partial charge in [0.15, 0.2) is 11.9 Å². The van der Waals surface area contributed by atoms with E-state index in [1.165, 1.54) is 37.6 Å². The summed E-state index contributed by atoms with van der Waals surface area (Å²) in [5.74, 6) is 1.35. The van der Waals surface area contributed by atoms with Crippen LogP contribution in [0.3, 0.4) is 0 Å². The van der Waals surface area contributed by atoms with Crippen LogP contribution in [0.2, 0.25) is 0 Å². The largest absolute Gasteiger partial charge is 0.618 e. The van der Waals surface area contributed by atoms with Crippen molar-refractivity contribution in [2.45, 2.75) is 38.4 Å². The van der Waals surface area contributed by atoms with E-state index >= 15 is 0 Å². The lowest BCUT2D eigenvalue weighted by molar-refractivity contribution is -0.611. The van der Waals surface area contributed by atoms with Crippen molar-refractivity contribution in [3.8, 4) is 11.1 Å². The molecule has 4 rings (SSSR count). The van der Waals surface area contributed by atoms with Crippen LogP contribution >= 0.6 is 0 Å². The summed E-state index contributed by atoms with van der Waals surface area (Å²) in [6.45, 7) is 1.35. The van der Waals surface area contributed by atoms with E-state index in [0.29, 0.717) is 10.4 Å². The molecule has 4 atom stereocenters. The van der Waals surface area contributed by atoms with Crippen molar-refractivity contribution < 1.29 is 22.7 Å². The molecule has 5 nitrogen and oxygen atoms in total. The van der Waals surface area contributed by atoms with Gasteiger partial charge < -0.3 is 16.3 Å². The van der Waals surface area contributed by atoms with Crippen LogP contribution in [0.15, 0.2) is 36.5 Å². The van der Waals surface area contributed by atoms with Crippen molar-refractivity contribution in [2.24, 2.45) is 23.5 Å². The molecule has 2 saturated carbocycles. The number of nitrogens with two attached hydrogens (primary N) is 1. The molecule has 0 radical (unpaired) electrons. The maximum absolute atomic E-state index is 13.4. The van der Waals surface area contributed by atoms with Crippen molar-refractivity contribution >= 4 is 11.6 Å². The Morgan fingerprint density at radius 1 is 1.17 bits per heavy atom. The first-order chi connectivity index (χ1) is 13.6. The highest BCUT2D eigenvalue weighted by atomic mass is 19.4. The molecule has 0 aliphatic heterocycles. The molecule has 1 amide bonds. The molecule has 1 heterocycles. The highest BCUT2D eigenvalue weighted by molar-refractivity contribution is 5.95. The average molecular weight is 405 g/mol.